The Kier molecular flexibility index (Phi) is 6.40. The van der Waals surface area contributed by atoms with Gasteiger partial charge < -0.3 is 0 Å². The van der Waals surface area contributed by atoms with E-state index < -0.39 is 0 Å². The Labute approximate surface area is 122 Å². The normalized spacial score (nSPS) is 21.5. The molecule has 0 bridgehead atoms. The molecule has 0 aromatic rings. The molecule has 0 N–H and O–H groups in total. The monoisotopic (exact) mass is 280 g/mol. The highest BCUT2D eigenvalue weighted by atomic mass is 31.1. The van der Waals surface area contributed by atoms with Gasteiger partial charge >= 0.3 is 0 Å². The first kappa shape index (κ1) is 15.6. The molecule has 2 aliphatic carbocycles. The summed E-state index contributed by atoms with van der Waals surface area (Å²) in [7, 11) is 0.202. The third-order valence-corrected chi connectivity index (χ3v) is 9.21. The molecule has 2 aliphatic rings. The van der Waals surface area contributed by atoms with Gasteiger partial charge in [0.05, 0.1) is 0 Å². The first-order valence-electron chi connectivity index (χ1n) is 8.80. The molecule has 0 atom stereocenters. The molecule has 2 rings (SSSR count). The smallest absolute Gasteiger partial charge is 0.0170 e. The molecule has 1 heteroatoms. The highest BCUT2D eigenvalue weighted by molar-refractivity contribution is 7.63. The summed E-state index contributed by atoms with van der Waals surface area (Å²) >= 11 is 0. The summed E-state index contributed by atoms with van der Waals surface area (Å²) in [5.74, 6) is 0. The minimum atomic E-state index is 0.202. The van der Waals surface area contributed by atoms with Crippen molar-refractivity contribution >= 4 is 7.92 Å². The SMILES string of the molecule is CCC(CC)=C(CC)P(C1CCCC1)C1CCCC1. The second-order valence-corrected chi connectivity index (χ2v) is 9.21. The van der Waals surface area contributed by atoms with Gasteiger partial charge in [-0.15, -0.1) is 0 Å². The van der Waals surface area contributed by atoms with Gasteiger partial charge in [-0.3, -0.25) is 0 Å². The summed E-state index contributed by atoms with van der Waals surface area (Å²) in [5, 5.41) is 1.96. The lowest BCUT2D eigenvalue weighted by Crippen LogP contribution is -2.12. The second-order valence-electron chi connectivity index (χ2n) is 6.39. The number of hydrogen-bond donors (Lipinski definition) is 0. The molecule has 0 radical (unpaired) electrons. The van der Waals surface area contributed by atoms with Crippen molar-refractivity contribution in [1.82, 2.24) is 0 Å². The fourth-order valence-electron chi connectivity index (χ4n) is 4.38. The predicted octanol–water partition coefficient (Wildman–Crippen LogP) is 6.84. The van der Waals surface area contributed by atoms with E-state index in [2.05, 4.69) is 20.8 Å². The molecule has 0 aromatic heterocycles. The van der Waals surface area contributed by atoms with Crippen LogP contribution in [0.2, 0.25) is 0 Å². The zero-order valence-corrected chi connectivity index (χ0v) is 14.3. The van der Waals surface area contributed by atoms with Crippen LogP contribution in [0.25, 0.3) is 0 Å². The van der Waals surface area contributed by atoms with Crippen LogP contribution in [-0.2, 0) is 0 Å². The van der Waals surface area contributed by atoms with Crippen LogP contribution in [0.4, 0.5) is 0 Å². The fourth-order valence-corrected chi connectivity index (χ4v) is 8.74. The zero-order chi connectivity index (χ0) is 13.7. The van der Waals surface area contributed by atoms with Gasteiger partial charge in [0.15, 0.2) is 0 Å². The maximum absolute atomic E-state index is 2.43. The molecule has 0 amide bonds. The van der Waals surface area contributed by atoms with Crippen molar-refractivity contribution in [1.29, 1.82) is 0 Å². The highest BCUT2D eigenvalue weighted by Gasteiger charge is 2.35. The Morgan fingerprint density at radius 2 is 1.16 bits per heavy atom. The van der Waals surface area contributed by atoms with Gasteiger partial charge in [0.25, 0.3) is 0 Å². The maximum Gasteiger partial charge on any atom is -0.0170 e. The number of hydrogen-bond acceptors (Lipinski definition) is 0. The fraction of sp³-hybridized carbons (Fsp3) is 0.889. The third kappa shape index (κ3) is 3.63. The van der Waals surface area contributed by atoms with Crippen LogP contribution in [0.1, 0.15) is 91.4 Å². The topological polar surface area (TPSA) is 0 Å². The summed E-state index contributed by atoms with van der Waals surface area (Å²) in [5.41, 5.74) is 4.02. The van der Waals surface area contributed by atoms with E-state index in [0.717, 1.165) is 11.3 Å². The van der Waals surface area contributed by atoms with Gasteiger partial charge in [0.1, 0.15) is 0 Å². The molecule has 0 spiro atoms. The van der Waals surface area contributed by atoms with Gasteiger partial charge in [-0.25, -0.2) is 0 Å². The molecule has 2 saturated carbocycles. The Bertz CT molecular complexity index is 271. The number of rotatable bonds is 6. The van der Waals surface area contributed by atoms with Gasteiger partial charge in [0.2, 0.25) is 0 Å². The molecule has 2 fully saturated rings. The predicted molar refractivity (Wildman–Crippen MR) is 89.3 cm³/mol. The first-order chi connectivity index (χ1) is 9.31. The molecule has 0 nitrogen and oxygen atoms in total. The summed E-state index contributed by atoms with van der Waals surface area (Å²) in [6.07, 6.45) is 16.2. The van der Waals surface area contributed by atoms with Crippen molar-refractivity contribution in [3.63, 3.8) is 0 Å². The van der Waals surface area contributed by atoms with E-state index in [1.807, 2.05) is 10.9 Å². The summed E-state index contributed by atoms with van der Waals surface area (Å²) in [6, 6.07) is 0. The largest absolute Gasteiger partial charge is 0.0735 e. The van der Waals surface area contributed by atoms with Crippen LogP contribution < -0.4 is 0 Å². The van der Waals surface area contributed by atoms with Crippen LogP contribution in [0, 0.1) is 0 Å². The van der Waals surface area contributed by atoms with E-state index in [9.17, 15) is 0 Å². The lowest BCUT2D eigenvalue weighted by Gasteiger charge is -2.34. The molecular formula is C18H33P. The Hall–Kier alpha value is 0.170. The Morgan fingerprint density at radius 1 is 0.737 bits per heavy atom. The molecule has 0 unspecified atom stereocenters. The van der Waals surface area contributed by atoms with Crippen LogP contribution in [-0.4, -0.2) is 11.3 Å². The van der Waals surface area contributed by atoms with Crippen LogP contribution in [0.15, 0.2) is 10.9 Å². The Balaban J connectivity index is 2.25. The standard InChI is InChI=1S/C18H33P/c1-4-15(5-2)18(6-3)19(16-11-7-8-12-16)17-13-9-10-14-17/h16-17H,4-14H2,1-3H3. The second kappa shape index (κ2) is 7.82. The van der Waals surface area contributed by atoms with E-state index in [1.54, 1.807) is 25.7 Å². The van der Waals surface area contributed by atoms with Crippen LogP contribution in [0.3, 0.4) is 0 Å². The van der Waals surface area contributed by atoms with Crippen LogP contribution >= 0.6 is 7.92 Å². The quantitative estimate of drug-likeness (QED) is 0.467. The lowest BCUT2D eigenvalue weighted by atomic mass is 10.1. The van der Waals surface area contributed by atoms with E-state index in [1.165, 1.54) is 44.9 Å². The molecule has 0 saturated heterocycles. The lowest BCUT2D eigenvalue weighted by molar-refractivity contribution is 0.823. The molecule has 19 heavy (non-hydrogen) atoms. The minimum absolute atomic E-state index is 0.202. The van der Waals surface area contributed by atoms with Crippen molar-refractivity contribution in [2.75, 3.05) is 0 Å². The van der Waals surface area contributed by atoms with Crippen molar-refractivity contribution < 1.29 is 0 Å². The first-order valence-corrected chi connectivity index (χ1v) is 10.3. The van der Waals surface area contributed by atoms with E-state index in [-0.39, 0.29) is 7.92 Å². The molecular weight excluding hydrogens is 247 g/mol. The van der Waals surface area contributed by atoms with Crippen molar-refractivity contribution in [2.45, 2.75) is 103 Å². The van der Waals surface area contributed by atoms with E-state index >= 15 is 0 Å². The average Bonchev–Trinajstić information content (AvgIpc) is 3.12. The summed E-state index contributed by atoms with van der Waals surface area (Å²) in [6.45, 7) is 7.19. The van der Waals surface area contributed by atoms with Gasteiger partial charge in [-0.1, -0.05) is 59.9 Å². The maximum atomic E-state index is 2.43. The summed E-state index contributed by atoms with van der Waals surface area (Å²) < 4.78 is 0. The Morgan fingerprint density at radius 3 is 1.47 bits per heavy atom. The van der Waals surface area contributed by atoms with Crippen molar-refractivity contribution in [3.8, 4) is 0 Å². The van der Waals surface area contributed by atoms with Gasteiger partial charge in [-0.2, -0.15) is 0 Å². The van der Waals surface area contributed by atoms with E-state index in [4.69, 9.17) is 0 Å². The molecule has 0 aliphatic heterocycles. The van der Waals surface area contributed by atoms with Crippen LogP contribution in [0.5, 0.6) is 0 Å². The molecule has 110 valence electrons. The van der Waals surface area contributed by atoms with Gasteiger partial charge in [-0.05, 0) is 61.6 Å². The van der Waals surface area contributed by atoms with E-state index in [0.29, 0.717) is 0 Å². The molecule has 0 aromatic carbocycles. The zero-order valence-electron chi connectivity index (χ0n) is 13.4. The number of allylic oxidation sites excluding steroid dienone is 2. The highest BCUT2D eigenvalue weighted by Crippen LogP contribution is 2.63. The summed E-state index contributed by atoms with van der Waals surface area (Å²) in [4.78, 5) is 0. The van der Waals surface area contributed by atoms with Crippen molar-refractivity contribution in [2.24, 2.45) is 0 Å². The molecule has 0 heterocycles. The average molecular weight is 280 g/mol. The van der Waals surface area contributed by atoms with Crippen molar-refractivity contribution in [3.05, 3.63) is 10.9 Å². The minimum Gasteiger partial charge on any atom is -0.0735 e. The third-order valence-electron chi connectivity index (χ3n) is 5.34. The van der Waals surface area contributed by atoms with Gasteiger partial charge in [0, 0.05) is 0 Å².